The summed E-state index contributed by atoms with van der Waals surface area (Å²) in [5.74, 6) is -3.65. The van der Waals surface area contributed by atoms with Crippen molar-refractivity contribution in [2.75, 3.05) is 19.7 Å². The Balaban J connectivity index is -0.000000246. The molecule has 0 atom stereocenters. The first kappa shape index (κ1) is 23.5. The topological polar surface area (TPSA) is 130 Å². The van der Waals surface area contributed by atoms with Gasteiger partial charge in [-0.3, -0.25) is 4.79 Å². The van der Waals surface area contributed by atoms with E-state index in [-0.39, 0.29) is 0 Å². The number of primary amides is 1. The number of nitrogens with two attached hydrogens (primary N) is 1. The molecule has 0 spiro atoms. The first-order valence-corrected chi connectivity index (χ1v) is 6.35. The lowest BCUT2D eigenvalue weighted by atomic mass is 10.6. The fraction of sp³-hybridized carbons (Fsp3) is 0.600. The minimum Gasteiger partial charge on any atom is -0.473 e. The molecule has 0 aromatic carbocycles. The number of rotatable bonds is 3. The van der Waals surface area contributed by atoms with Crippen LogP contribution in [-0.2, 0) is 14.3 Å². The van der Waals surface area contributed by atoms with Gasteiger partial charge in [0.1, 0.15) is 0 Å². The summed E-state index contributed by atoms with van der Waals surface area (Å²) in [4.78, 5) is 29.3. The zero-order valence-corrected chi connectivity index (χ0v) is 13.2. The first-order valence-electron chi connectivity index (χ1n) is 5.50. The number of carboxylic acids is 2. The van der Waals surface area contributed by atoms with Crippen LogP contribution in [0.25, 0.3) is 0 Å². The van der Waals surface area contributed by atoms with E-state index in [1.807, 2.05) is 11.8 Å². The lowest BCUT2D eigenvalue weighted by molar-refractivity contribution is -0.159. The number of aliphatic carboxylic acids is 2. The number of thiocarbonyl (C=S) groups is 1. The van der Waals surface area contributed by atoms with Crippen molar-refractivity contribution in [3.8, 4) is 0 Å². The highest BCUT2D eigenvalue weighted by Gasteiger charge is 2.04. The van der Waals surface area contributed by atoms with Crippen LogP contribution in [0.3, 0.4) is 0 Å². The van der Waals surface area contributed by atoms with Crippen molar-refractivity contribution >= 4 is 47.2 Å². The number of ether oxygens (including phenoxy) is 1. The number of carbonyl (C=O) groups is 3. The molecule has 0 heterocycles. The number of nitrogens with zero attached hydrogens (tertiary/aromatic N) is 1. The van der Waals surface area contributed by atoms with Gasteiger partial charge in [-0.2, -0.15) is 0 Å². The molecule has 0 unspecified atom stereocenters. The second kappa shape index (κ2) is 15.5. The van der Waals surface area contributed by atoms with Gasteiger partial charge < -0.3 is 25.6 Å². The average Bonchev–Trinajstić information content (AvgIpc) is 2.30. The monoisotopic (exact) mass is 328 g/mol. The summed E-state index contributed by atoms with van der Waals surface area (Å²) in [6.45, 7) is 8.58. The van der Waals surface area contributed by atoms with Gasteiger partial charge in [0.15, 0.2) is 0 Å². The van der Waals surface area contributed by atoms with E-state index < -0.39 is 17.2 Å². The maximum Gasteiger partial charge on any atom is 0.414 e. The summed E-state index contributed by atoms with van der Waals surface area (Å²) >= 11 is 8.08. The molecular formula is C10H20N2O6S2. The van der Waals surface area contributed by atoms with Crippen molar-refractivity contribution in [2.45, 2.75) is 20.8 Å². The molecule has 118 valence electrons. The fourth-order valence-electron chi connectivity index (χ4n) is 0.697. The summed E-state index contributed by atoms with van der Waals surface area (Å²) in [6.07, 6.45) is 0. The van der Waals surface area contributed by atoms with Crippen LogP contribution < -0.4 is 5.73 Å². The third-order valence-corrected chi connectivity index (χ3v) is 1.85. The van der Waals surface area contributed by atoms with Gasteiger partial charge in [-0.25, -0.2) is 9.59 Å². The van der Waals surface area contributed by atoms with Gasteiger partial charge in [-0.15, -0.1) is 0 Å². The Morgan fingerprint density at radius 2 is 1.45 bits per heavy atom. The van der Waals surface area contributed by atoms with Crippen LogP contribution in [0.15, 0.2) is 0 Å². The Labute approximate surface area is 128 Å². The largest absolute Gasteiger partial charge is 0.473 e. The predicted octanol–water partition coefficient (Wildman–Crippen LogP) is 0.800. The van der Waals surface area contributed by atoms with Crippen LogP contribution in [0.1, 0.15) is 20.8 Å². The van der Waals surface area contributed by atoms with E-state index in [9.17, 15) is 0 Å². The third kappa shape index (κ3) is 21.7. The van der Waals surface area contributed by atoms with E-state index in [2.05, 4.69) is 32.2 Å². The summed E-state index contributed by atoms with van der Waals surface area (Å²) in [5, 5.41) is 14.8. The van der Waals surface area contributed by atoms with E-state index in [0.717, 1.165) is 13.1 Å². The molecule has 0 saturated heterocycles. The molecule has 1 amide bonds. The number of hydrogen-bond acceptors (Lipinski definition) is 5. The number of thiol groups is 1. The standard InChI is InChI=1S/C7H15NOS.C2H2O4.CH3NOS/c1-4-8(5-2)7(10)9-6-3;3-1(4)2(5)6;2-1(3)4/h4-6H2,1-3H3;(H,3,4)(H,5,6);(H3,2,3,4). The molecule has 0 aromatic rings. The number of hydrogen-bond donors (Lipinski definition) is 4. The van der Waals surface area contributed by atoms with Crippen LogP contribution in [0.2, 0.25) is 0 Å². The quantitative estimate of drug-likeness (QED) is 0.340. The van der Waals surface area contributed by atoms with E-state index in [0.29, 0.717) is 11.8 Å². The molecule has 8 nitrogen and oxygen atoms in total. The zero-order chi connectivity index (χ0) is 16.7. The lowest BCUT2D eigenvalue weighted by Crippen LogP contribution is -2.30. The summed E-state index contributed by atoms with van der Waals surface area (Å²) in [7, 11) is 0. The molecule has 0 aromatic heterocycles. The van der Waals surface area contributed by atoms with Gasteiger partial charge in [0.2, 0.25) is 0 Å². The Kier molecular flexibility index (Phi) is 18.2. The normalized spacial score (nSPS) is 8.00. The van der Waals surface area contributed by atoms with Gasteiger partial charge in [0, 0.05) is 13.1 Å². The van der Waals surface area contributed by atoms with Crippen LogP contribution in [0, 0.1) is 0 Å². The van der Waals surface area contributed by atoms with Crippen LogP contribution in [0.4, 0.5) is 4.79 Å². The maximum atomic E-state index is 9.10. The Morgan fingerprint density at radius 1 is 1.15 bits per heavy atom. The number of carbonyl (C=O) groups excluding carboxylic acids is 1. The fourth-order valence-corrected chi connectivity index (χ4v) is 1.07. The smallest absolute Gasteiger partial charge is 0.414 e. The van der Waals surface area contributed by atoms with Crippen molar-refractivity contribution in [1.82, 2.24) is 4.90 Å². The Morgan fingerprint density at radius 3 is 1.60 bits per heavy atom. The highest BCUT2D eigenvalue weighted by atomic mass is 32.1. The number of carboxylic acid groups (broad SMARTS) is 2. The van der Waals surface area contributed by atoms with Gasteiger partial charge >= 0.3 is 11.9 Å². The van der Waals surface area contributed by atoms with E-state index in [4.69, 9.17) is 41.6 Å². The zero-order valence-electron chi connectivity index (χ0n) is 11.5. The highest BCUT2D eigenvalue weighted by Crippen LogP contribution is 1.92. The van der Waals surface area contributed by atoms with Gasteiger partial charge in [-0.05, 0) is 33.0 Å². The predicted molar refractivity (Wildman–Crippen MR) is 81.0 cm³/mol. The molecule has 4 N–H and O–H groups in total. The molecule has 0 fully saturated rings. The molecule has 10 heteroatoms. The van der Waals surface area contributed by atoms with E-state index in [1.165, 1.54) is 0 Å². The van der Waals surface area contributed by atoms with Crippen molar-refractivity contribution in [2.24, 2.45) is 5.73 Å². The SMILES string of the molecule is CCOC(=S)N(CC)CC.NC(=O)S.O=C(O)C(=O)O. The van der Waals surface area contributed by atoms with Crippen molar-refractivity contribution in [3.63, 3.8) is 0 Å². The second-order valence-electron chi connectivity index (χ2n) is 2.82. The van der Waals surface area contributed by atoms with Crippen LogP contribution in [0.5, 0.6) is 0 Å². The van der Waals surface area contributed by atoms with Gasteiger partial charge in [0.25, 0.3) is 10.4 Å². The molecule has 0 saturated carbocycles. The minimum atomic E-state index is -1.82. The first-order chi connectivity index (χ1) is 9.13. The summed E-state index contributed by atoms with van der Waals surface area (Å²) in [6, 6.07) is 0. The Bertz CT molecular complexity index is 305. The lowest BCUT2D eigenvalue weighted by Gasteiger charge is -2.20. The van der Waals surface area contributed by atoms with Crippen molar-refractivity contribution in [3.05, 3.63) is 0 Å². The third-order valence-electron chi connectivity index (χ3n) is 1.47. The van der Waals surface area contributed by atoms with E-state index in [1.54, 1.807) is 0 Å². The molecule has 0 aliphatic carbocycles. The maximum absolute atomic E-state index is 9.10. The number of amides is 1. The van der Waals surface area contributed by atoms with Crippen LogP contribution >= 0.6 is 24.8 Å². The minimum absolute atomic E-state index is 0.618. The summed E-state index contributed by atoms with van der Waals surface area (Å²) < 4.78 is 5.14. The van der Waals surface area contributed by atoms with Crippen LogP contribution in [-0.4, -0.2) is 57.2 Å². The molecular weight excluding hydrogens is 308 g/mol. The van der Waals surface area contributed by atoms with Gasteiger partial charge in [0.05, 0.1) is 6.61 Å². The molecule has 0 bridgehead atoms. The van der Waals surface area contributed by atoms with E-state index >= 15 is 0 Å². The molecule has 0 aliphatic heterocycles. The average molecular weight is 328 g/mol. The highest BCUT2D eigenvalue weighted by molar-refractivity contribution is 7.96. The second-order valence-corrected chi connectivity index (χ2v) is 3.61. The van der Waals surface area contributed by atoms with Crippen molar-refractivity contribution < 1.29 is 29.3 Å². The summed E-state index contributed by atoms with van der Waals surface area (Å²) in [5.41, 5.74) is 4.34. The Hall–Kier alpha value is -1.55. The molecule has 0 rings (SSSR count). The van der Waals surface area contributed by atoms with Crippen molar-refractivity contribution in [1.29, 1.82) is 0 Å². The van der Waals surface area contributed by atoms with Gasteiger partial charge in [-0.1, -0.05) is 12.6 Å². The molecule has 0 aliphatic rings. The molecule has 0 radical (unpaired) electrons. The molecule has 20 heavy (non-hydrogen) atoms.